The van der Waals surface area contributed by atoms with Crippen molar-refractivity contribution in [2.45, 2.75) is 6.10 Å². The highest BCUT2D eigenvalue weighted by Crippen LogP contribution is 2.30. The second-order valence-corrected chi connectivity index (χ2v) is 5.40. The molecule has 18 heavy (non-hydrogen) atoms. The predicted octanol–water partition coefficient (Wildman–Crippen LogP) is 4.30. The van der Waals surface area contributed by atoms with Crippen molar-refractivity contribution in [1.82, 2.24) is 0 Å². The Hall–Kier alpha value is -0.720. The van der Waals surface area contributed by atoms with E-state index < -0.39 is 17.7 Å². The van der Waals surface area contributed by atoms with E-state index in [0.717, 1.165) is 15.7 Å². The van der Waals surface area contributed by atoms with Gasteiger partial charge in [-0.15, -0.1) is 0 Å². The van der Waals surface area contributed by atoms with Crippen molar-refractivity contribution >= 4 is 34.2 Å². The molecule has 0 aliphatic rings. The number of aliphatic hydroxyl groups is 1. The maximum atomic E-state index is 13.2. The first-order valence-electron chi connectivity index (χ1n) is 5.07. The van der Waals surface area contributed by atoms with Gasteiger partial charge in [0, 0.05) is 14.2 Å². The Labute approximate surface area is 122 Å². The summed E-state index contributed by atoms with van der Waals surface area (Å²) in [6, 6.07) is 8.87. The van der Waals surface area contributed by atoms with Gasteiger partial charge in [-0.3, -0.25) is 0 Å². The van der Waals surface area contributed by atoms with E-state index in [4.69, 9.17) is 11.6 Å². The summed E-state index contributed by atoms with van der Waals surface area (Å²) in [5.74, 6) is -2.06. The maximum Gasteiger partial charge on any atom is 0.160 e. The van der Waals surface area contributed by atoms with Crippen LogP contribution in [0.25, 0.3) is 0 Å². The second-order valence-electron chi connectivity index (χ2n) is 3.75. The second kappa shape index (κ2) is 5.50. The topological polar surface area (TPSA) is 20.2 Å². The van der Waals surface area contributed by atoms with Gasteiger partial charge in [0.25, 0.3) is 0 Å². The van der Waals surface area contributed by atoms with Gasteiger partial charge in [0.15, 0.2) is 11.6 Å². The Kier molecular flexibility index (Phi) is 4.19. The van der Waals surface area contributed by atoms with Crippen molar-refractivity contribution in [3.63, 3.8) is 0 Å². The molecule has 2 rings (SSSR count). The number of hydrogen-bond donors (Lipinski definition) is 1. The highest BCUT2D eigenvalue weighted by Gasteiger charge is 2.17. The van der Waals surface area contributed by atoms with Gasteiger partial charge in [0.1, 0.15) is 6.10 Å². The average molecular weight is 381 g/mol. The lowest BCUT2D eigenvalue weighted by molar-refractivity contribution is 0.219. The molecule has 1 nitrogen and oxygen atoms in total. The van der Waals surface area contributed by atoms with Crippen molar-refractivity contribution in [3.05, 3.63) is 67.8 Å². The third-order valence-corrected chi connectivity index (χ3v) is 3.50. The zero-order chi connectivity index (χ0) is 13.3. The lowest BCUT2D eigenvalue weighted by Crippen LogP contribution is -2.02. The highest BCUT2D eigenvalue weighted by molar-refractivity contribution is 14.1. The molecule has 0 saturated heterocycles. The highest BCUT2D eigenvalue weighted by atomic mass is 127. The van der Waals surface area contributed by atoms with E-state index in [2.05, 4.69) is 22.6 Å². The average Bonchev–Trinajstić information content (AvgIpc) is 2.33. The largest absolute Gasteiger partial charge is 0.384 e. The molecule has 1 unspecified atom stereocenters. The zero-order valence-electron chi connectivity index (χ0n) is 9.00. The van der Waals surface area contributed by atoms with E-state index in [1.54, 1.807) is 18.2 Å². The van der Waals surface area contributed by atoms with Gasteiger partial charge >= 0.3 is 0 Å². The van der Waals surface area contributed by atoms with E-state index in [1.165, 1.54) is 0 Å². The molecular weight excluding hydrogens is 372 g/mol. The molecular formula is C13H8ClF2IO. The summed E-state index contributed by atoms with van der Waals surface area (Å²) in [5, 5.41) is 10.1. The molecule has 1 N–H and O–H groups in total. The molecule has 2 aromatic carbocycles. The summed E-state index contributed by atoms with van der Waals surface area (Å²) in [4.78, 5) is 0. The Morgan fingerprint density at radius 2 is 1.78 bits per heavy atom. The Bertz CT molecular complexity index is 589. The van der Waals surface area contributed by atoms with Crippen molar-refractivity contribution in [3.8, 4) is 0 Å². The summed E-state index contributed by atoms with van der Waals surface area (Å²) in [7, 11) is 0. The minimum absolute atomic E-state index is 0.000242. The fourth-order valence-electron chi connectivity index (χ4n) is 1.60. The SMILES string of the molecule is OC(c1cccc(I)c1)c1cc(F)c(F)cc1Cl. The van der Waals surface area contributed by atoms with Gasteiger partial charge in [-0.2, -0.15) is 0 Å². The van der Waals surface area contributed by atoms with Crippen LogP contribution in [-0.4, -0.2) is 5.11 Å². The first-order valence-corrected chi connectivity index (χ1v) is 6.52. The molecule has 94 valence electrons. The van der Waals surface area contributed by atoms with Crippen LogP contribution < -0.4 is 0 Å². The molecule has 0 fully saturated rings. The quantitative estimate of drug-likeness (QED) is 0.608. The predicted molar refractivity (Wildman–Crippen MR) is 74.6 cm³/mol. The molecule has 5 heteroatoms. The van der Waals surface area contributed by atoms with Crippen LogP contribution in [0.2, 0.25) is 5.02 Å². The number of aliphatic hydroxyl groups excluding tert-OH is 1. The minimum atomic E-state index is -1.08. The van der Waals surface area contributed by atoms with Crippen LogP contribution in [0.1, 0.15) is 17.2 Å². The lowest BCUT2D eigenvalue weighted by Gasteiger charge is -2.14. The van der Waals surface area contributed by atoms with Crippen LogP contribution in [0.15, 0.2) is 36.4 Å². The van der Waals surface area contributed by atoms with Crippen molar-refractivity contribution < 1.29 is 13.9 Å². The Balaban J connectivity index is 2.46. The molecule has 2 aromatic rings. The molecule has 0 aromatic heterocycles. The first kappa shape index (κ1) is 13.7. The van der Waals surface area contributed by atoms with Gasteiger partial charge in [-0.1, -0.05) is 23.7 Å². The van der Waals surface area contributed by atoms with Crippen LogP contribution in [-0.2, 0) is 0 Å². The molecule has 0 heterocycles. The van der Waals surface area contributed by atoms with Crippen LogP contribution in [0.3, 0.4) is 0 Å². The van der Waals surface area contributed by atoms with Crippen molar-refractivity contribution in [1.29, 1.82) is 0 Å². The first-order chi connectivity index (χ1) is 8.49. The van der Waals surface area contributed by atoms with Crippen LogP contribution in [0, 0.1) is 15.2 Å². The summed E-state index contributed by atoms with van der Waals surface area (Å²) in [6.07, 6.45) is -1.08. The van der Waals surface area contributed by atoms with Crippen LogP contribution in [0.5, 0.6) is 0 Å². The molecule has 1 atom stereocenters. The Morgan fingerprint density at radius 1 is 1.11 bits per heavy atom. The number of rotatable bonds is 2. The van der Waals surface area contributed by atoms with Crippen molar-refractivity contribution in [2.24, 2.45) is 0 Å². The molecule has 0 radical (unpaired) electrons. The van der Waals surface area contributed by atoms with Gasteiger partial charge < -0.3 is 5.11 Å². The number of halogens is 4. The molecule has 0 saturated carbocycles. The summed E-state index contributed by atoms with van der Waals surface area (Å²) in [6.45, 7) is 0. The number of benzene rings is 2. The van der Waals surface area contributed by atoms with Gasteiger partial charge in [0.2, 0.25) is 0 Å². The minimum Gasteiger partial charge on any atom is -0.384 e. The third kappa shape index (κ3) is 2.81. The van der Waals surface area contributed by atoms with Crippen LogP contribution in [0.4, 0.5) is 8.78 Å². The lowest BCUT2D eigenvalue weighted by atomic mass is 10.0. The van der Waals surface area contributed by atoms with E-state index in [-0.39, 0.29) is 10.6 Å². The van der Waals surface area contributed by atoms with E-state index in [0.29, 0.717) is 5.56 Å². The molecule has 0 bridgehead atoms. The fraction of sp³-hybridized carbons (Fsp3) is 0.0769. The summed E-state index contributed by atoms with van der Waals surface area (Å²) >= 11 is 7.92. The van der Waals surface area contributed by atoms with E-state index in [1.807, 2.05) is 6.07 Å². The van der Waals surface area contributed by atoms with Crippen molar-refractivity contribution in [2.75, 3.05) is 0 Å². The van der Waals surface area contributed by atoms with E-state index >= 15 is 0 Å². The molecule has 0 spiro atoms. The van der Waals surface area contributed by atoms with Gasteiger partial charge in [-0.25, -0.2) is 8.78 Å². The summed E-state index contributed by atoms with van der Waals surface area (Å²) < 4.78 is 27.0. The monoisotopic (exact) mass is 380 g/mol. The standard InChI is InChI=1S/C13H8ClF2IO/c14-10-6-12(16)11(15)5-9(10)13(18)7-2-1-3-8(17)4-7/h1-6,13,18H. The fourth-order valence-corrected chi connectivity index (χ4v) is 2.42. The molecule has 0 aliphatic heterocycles. The summed E-state index contributed by atoms with van der Waals surface area (Å²) in [5.41, 5.74) is 0.729. The molecule has 0 aliphatic carbocycles. The smallest absolute Gasteiger partial charge is 0.160 e. The van der Waals surface area contributed by atoms with Crippen LogP contribution >= 0.6 is 34.2 Å². The normalized spacial score (nSPS) is 12.5. The Morgan fingerprint density at radius 3 is 2.44 bits per heavy atom. The zero-order valence-corrected chi connectivity index (χ0v) is 11.9. The third-order valence-electron chi connectivity index (χ3n) is 2.50. The van der Waals surface area contributed by atoms with Gasteiger partial charge in [-0.05, 0) is 52.4 Å². The maximum absolute atomic E-state index is 13.2. The van der Waals surface area contributed by atoms with E-state index in [9.17, 15) is 13.9 Å². The number of hydrogen-bond acceptors (Lipinski definition) is 1. The van der Waals surface area contributed by atoms with Gasteiger partial charge in [0.05, 0.1) is 0 Å². The molecule has 0 amide bonds.